The molecule has 190 valence electrons. The molecule has 0 saturated carbocycles. The molecule has 0 radical (unpaired) electrons. The van der Waals surface area contributed by atoms with Gasteiger partial charge in [0.2, 0.25) is 11.8 Å². The number of amides is 2. The van der Waals surface area contributed by atoms with E-state index in [-0.39, 0.29) is 35.0 Å². The smallest absolute Gasteiger partial charge is 0.306 e. The largest absolute Gasteiger partial charge is 0.469 e. The van der Waals surface area contributed by atoms with Crippen LogP contribution in [-0.2, 0) is 25.5 Å². The van der Waals surface area contributed by atoms with Crippen LogP contribution in [0.1, 0.15) is 52.5 Å². The van der Waals surface area contributed by atoms with Crippen LogP contribution in [0.5, 0.6) is 0 Å². The highest BCUT2D eigenvalue weighted by molar-refractivity contribution is 6.00. The lowest BCUT2D eigenvalue weighted by atomic mass is 9.72. The maximum atomic E-state index is 12.7. The van der Waals surface area contributed by atoms with E-state index in [4.69, 9.17) is 4.74 Å². The van der Waals surface area contributed by atoms with Crippen LogP contribution in [0.15, 0.2) is 60.8 Å². The molecule has 1 aromatic heterocycles. The van der Waals surface area contributed by atoms with Crippen molar-refractivity contribution in [1.29, 1.82) is 0 Å². The molecule has 0 spiro atoms. The number of nitrogens with one attached hydrogen (secondary N) is 2. The highest BCUT2D eigenvalue weighted by atomic mass is 16.5. The molecule has 0 aliphatic heterocycles. The summed E-state index contributed by atoms with van der Waals surface area (Å²) in [5, 5.41) is 6.84. The number of nitrogens with zero attached hydrogens (tertiary/aromatic N) is 1. The molecule has 36 heavy (non-hydrogen) atoms. The molecular weight excluding hydrogens is 454 g/mol. The van der Waals surface area contributed by atoms with Gasteiger partial charge in [0.15, 0.2) is 0 Å². The molecule has 0 atom stereocenters. The number of aromatic nitrogens is 1. The third kappa shape index (κ3) is 7.90. The van der Waals surface area contributed by atoms with Gasteiger partial charge in [-0.3, -0.25) is 19.4 Å². The van der Waals surface area contributed by atoms with E-state index >= 15 is 0 Å². The van der Waals surface area contributed by atoms with Gasteiger partial charge in [0.05, 0.1) is 31.2 Å². The number of fused-ring (bicyclic) bond motifs is 1. The zero-order valence-electron chi connectivity index (χ0n) is 21.7. The summed E-state index contributed by atoms with van der Waals surface area (Å²) in [6, 6.07) is 16.8. The predicted molar refractivity (Wildman–Crippen MR) is 143 cm³/mol. The van der Waals surface area contributed by atoms with Crippen LogP contribution in [0.4, 0.5) is 11.4 Å². The average molecular weight is 490 g/mol. The molecule has 0 aliphatic carbocycles. The van der Waals surface area contributed by atoms with Crippen molar-refractivity contribution >= 4 is 40.1 Å². The molecule has 3 aromatic rings. The molecule has 0 aliphatic rings. The Hall–Kier alpha value is -3.74. The van der Waals surface area contributed by atoms with Gasteiger partial charge in [-0.15, -0.1) is 0 Å². The minimum Gasteiger partial charge on any atom is -0.469 e. The van der Waals surface area contributed by atoms with Gasteiger partial charge in [-0.05, 0) is 47.1 Å². The van der Waals surface area contributed by atoms with Gasteiger partial charge in [0, 0.05) is 23.7 Å². The number of rotatable bonds is 10. The maximum Gasteiger partial charge on any atom is 0.306 e. The normalized spacial score (nSPS) is 11.7. The quantitative estimate of drug-likeness (QED) is 0.353. The fraction of sp³-hybridized carbons (Fsp3) is 0.379. The molecule has 7 heteroatoms. The zero-order chi connectivity index (χ0) is 26.3. The second-order valence-electron chi connectivity index (χ2n) is 10.8. The highest BCUT2D eigenvalue weighted by Gasteiger charge is 2.32. The van der Waals surface area contributed by atoms with Crippen LogP contribution in [0, 0.1) is 10.8 Å². The minimum absolute atomic E-state index is 0.0946. The fourth-order valence-corrected chi connectivity index (χ4v) is 4.81. The number of ether oxygens (including phenoxy) is 1. The summed E-state index contributed by atoms with van der Waals surface area (Å²) in [5.74, 6) is -0.480. The summed E-state index contributed by atoms with van der Waals surface area (Å²) in [7, 11) is 1.39. The van der Waals surface area contributed by atoms with Crippen LogP contribution in [-0.4, -0.2) is 29.9 Å². The standard InChI is InChI=1S/C29H35N3O4/c1-28(2,19-29(3,4)18-26(35)36-5)17-25(34)31-22-13-11-20(12-14-22)16-24(33)32-23-10-6-8-21-9-7-15-30-27(21)23/h6-15H,16-19H2,1-5H3,(H,31,34)(H,32,33). The van der Waals surface area contributed by atoms with Gasteiger partial charge in [-0.1, -0.05) is 58.0 Å². The van der Waals surface area contributed by atoms with Crippen molar-refractivity contribution in [2.75, 3.05) is 17.7 Å². The SMILES string of the molecule is COC(=O)CC(C)(C)CC(C)(C)CC(=O)Nc1ccc(CC(=O)Nc2cccc3cccnc23)cc1. The van der Waals surface area contributed by atoms with E-state index in [1.807, 2.05) is 70.2 Å². The molecular formula is C29H35N3O4. The van der Waals surface area contributed by atoms with Crippen molar-refractivity contribution in [2.24, 2.45) is 10.8 Å². The van der Waals surface area contributed by atoms with Crippen LogP contribution in [0.2, 0.25) is 0 Å². The van der Waals surface area contributed by atoms with Gasteiger partial charge in [-0.25, -0.2) is 0 Å². The lowest BCUT2D eigenvalue weighted by Crippen LogP contribution is -2.29. The monoisotopic (exact) mass is 489 g/mol. The Morgan fingerprint density at radius 2 is 1.50 bits per heavy atom. The maximum absolute atomic E-state index is 12.7. The van der Waals surface area contributed by atoms with E-state index in [1.165, 1.54) is 7.11 Å². The van der Waals surface area contributed by atoms with Crippen LogP contribution >= 0.6 is 0 Å². The second kappa shape index (κ2) is 11.3. The summed E-state index contributed by atoms with van der Waals surface area (Å²) < 4.78 is 4.79. The number of benzene rings is 2. The zero-order valence-corrected chi connectivity index (χ0v) is 21.7. The molecule has 1 heterocycles. The molecule has 0 unspecified atom stereocenters. The molecule has 2 aromatic carbocycles. The number of esters is 1. The molecule has 3 rings (SSSR count). The Morgan fingerprint density at radius 3 is 2.19 bits per heavy atom. The van der Waals surface area contributed by atoms with E-state index in [0.29, 0.717) is 30.6 Å². The van der Waals surface area contributed by atoms with Crippen molar-refractivity contribution < 1.29 is 19.1 Å². The number of hydrogen-bond acceptors (Lipinski definition) is 5. The first-order valence-corrected chi connectivity index (χ1v) is 12.1. The third-order valence-corrected chi connectivity index (χ3v) is 5.96. The number of methoxy groups -OCH3 is 1. The molecule has 0 saturated heterocycles. The number of carbonyl (C=O) groups excluding carboxylic acids is 3. The van der Waals surface area contributed by atoms with Crippen LogP contribution in [0.25, 0.3) is 10.9 Å². The number of anilines is 2. The van der Waals surface area contributed by atoms with Gasteiger partial charge < -0.3 is 15.4 Å². The highest BCUT2D eigenvalue weighted by Crippen LogP contribution is 2.38. The summed E-state index contributed by atoms with van der Waals surface area (Å²) in [6.07, 6.45) is 3.24. The van der Waals surface area contributed by atoms with Gasteiger partial charge >= 0.3 is 5.97 Å². The van der Waals surface area contributed by atoms with E-state index in [2.05, 4.69) is 15.6 Å². The van der Waals surface area contributed by atoms with Gasteiger partial charge in [-0.2, -0.15) is 0 Å². The first kappa shape index (κ1) is 26.9. The Bertz CT molecular complexity index is 1230. The van der Waals surface area contributed by atoms with E-state index in [9.17, 15) is 14.4 Å². The number of pyridine rings is 1. The van der Waals surface area contributed by atoms with Crippen molar-refractivity contribution in [3.05, 3.63) is 66.4 Å². The average Bonchev–Trinajstić information content (AvgIpc) is 2.79. The summed E-state index contributed by atoms with van der Waals surface area (Å²) in [5.41, 5.74) is 2.37. The molecule has 0 fully saturated rings. The van der Waals surface area contributed by atoms with Crippen LogP contribution < -0.4 is 10.6 Å². The first-order valence-electron chi connectivity index (χ1n) is 12.1. The number of hydrogen-bond donors (Lipinski definition) is 2. The number of carbonyl (C=O) groups is 3. The Balaban J connectivity index is 1.53. The Kier molecular flexibility index (Phi) is 8.45. The molecule has 2 amide bonds. The summed E-state index contributed by atoms with van der Waals surface area (Å²) in [4.78, 5) is 41.4. The molecule has 0 bridgehead atoms. The fourth-order valence-electron chi connectivity index (χ4n) is 4.81. The summed E-state index contributed by atoms with van der Waals surface area (Å²) in [6.45, 7) is 8.07. The molecule has 7 nitrogen and oxygen atoms in total. The molecule has 2 N–H and O–H groups in total. The van der Waals surface area contributed by atoms with E-state index in [0.717, 1.165) is 16.5 Å². The third-order valence-electron chi connectivity index (χ3n) is 5.96. The van der Waals surface area contributed by atoms with Crippen molar-refractivity contribution in [2.45, 2.75) is 53.4 Å². The van der Waals surface area contributed by atoms with Gasteiger partial charge in [0.25, 0.3) is 0 Å². The van der Waals surface area contributed by atoms with Crippen molar-refractivity contribution in [3.63, 3.8) is 0 Å². The lowest BCUT2D eigenvalue weighted by Gasteiger charge is -2.34. The number of para-hydroxylation sites is 1. The van der Waals surface area contributed by atoms with Crippen LogP contribution in [0.3, 0.4) is 0 Å². The van der Waals surface area contributed by atoms with Crippen molar-refractivity contribution in [1.82, 2.24) is 4.98 Å². The minimum atomic E-state index is -0.296. The lowest BCUT2D eigenvalue weighted by molar-refractivity contribution is -0.143. The van der Waals surface area contributed by atoms with E-state index in [1.54, 1.807) is 18.3 Å². The van der Waals surface area contributed by atoms with Gasteiger partial charge in [0.1, 0.15) is 0 Å². The predicted octanol–water partition coefficient (Wildman–Crippen LogP) is 5.75. The second-order valence-corrected chi connectivity index (χ2v) is 10.8. The summed E-state index contributed by atoms with van der Waals surface area (Å²) >= 11 is 0. The van der Waals surface area contributed by atoms with Crippen molar-refractivity contribution in [3.8, 4) is 0 Å². The van der Waals surface area contributed by atoms with E-state index < -0.39 is 0 Å². The Morgan fingerprint density at radius 1 is 0.833 bits per heavy atom. The Labute approximate surface area is 212 Å². The first-order chi connectivity index (χ1) is 17.0. The topological polar surface area (TPSA) is 97.4 Å².